The minimum atomic E-state index is -1.66. The van der Waals surface area contributed by atoms with Crippen molar-refractivity contribution in [3.8, 4) is 0 Å². The van der Waals surface area contributed by atoms with Gasteiger partial charge in [0.05, 0.1) is 25.4 Å². The summed E-state index contributed by atoms with van der Waals surface area (Å²) in [4.78, 5) is 13.2. The summed E-state index contributed by atoms with van der Waals surface area (Å²) in [5.41, 5.74) is 0. The van der Waals surface area contributed by atoms with E-state index in [1.807, 2.05) is 0 Å². The zero-order valence-electron chi connectivity index (χ0n) is 44.8. The first-order valence-electron chi connectivity index (χ1n) is 29.6. The third kappa shape index (κ3) is 36.4. The van der Waals surface area contributed by atoms with E-state index in [1.54, 1.807) is 0 Å². The molecule has 0 saturated carbocycles. The molecule has 1 rings (SSSR count). The second-order valence-corrected chi connectivity index (χ2v) is 21.1. The van der Waals surface area contributed by atoms with Crippen LogP contribution in [0.1, 0.15) is 284 Å². The monoisotopic (exact) mass is 984 g/mol. The molecule has 0 aliphatic carbocycles. The summed E-state index contributed by atoms with van der Waals surface area (Å²) < 4.78 is 11.1. The fraction of sp³-hybridized carbons (Fsp3) is 0.948. The van der Waals surface area contributed by atoms with Crippen molar-refractivity contribution in [1.82, 2.24) is 5.32 Å². The molecule has 11 nitrogen and oxygen atoms in total. The maximum absolute atomic E-state index is 13.2. The van der Waals surface area contributed by atoms with Gasteiger partial charge in [-0.05, 0) is 38.5 Å². The highest BCUT2D eigenvalue weighted by molar-refractivity contribution is 5.80. The van der Waals surface area contributed by atoms with Crippen LogP contribution in [0.3, 0.4) is 0 Å². The van der Waals surface area contributed by atoms with E-state index in [1.165, 1.54) is 205 Å². The molecule has 69 heavy (non-hydrogen) atoms. The van der Waals surface area contributed by atoms with Gasteiger partial charge in [-0.2, -0.15) is 0 Å². The Hall–Kier alpha value is -1.15. The number of unbranched alkanes of at least 4 members (excludes halogenated alkanes) is 37. The van der Waals surface area contributed by atoms with Crippen molar-refractivity contribution in [2.75, 3.05) is 13.2 Å². The number of rotatable bonds is 51. The van der Waals surface area contributed by atoms with Crippen LogP contribution in [0.25, 0.3) is 0 Å². The van der Waals surface area contributed by atoms with Gasteiger partial charge in [-0.15, -0.1) is 0 Å². The number of carbonyl (C=O) groups is 1. The molecular formula is C58H113NO10. The van der Waals surface area contributed by atoms with Crippen molar-refractivity contribution >= 4 is 5.91 Å². The maximum atomic E-state index is 13.2. The number of amides is 1. The van der Waals surface area contributed by atoms with Crippen LogP contribution in [0, 0.1) is 0 Å². The zero-order valence-corrected chi connectivity index (χ0v) is 44.8. The number of aliphatic hydroxyl groups excluding tert-OH is 7. The van der Waals surface area contributed by atoms with E-state index in [0.29, 0.717) is 12.8 Å². The molecule has 9 unspecified atom stereocenters. The van der Waals surface area contributed by atoms with Crippen molar-refractivity contribution in [2.45, 2.75) is 339 Å². The van der Waals surface area contributed by atoms with E-state index >= 15 is 0 Å². The van der Waals surface area contributed by atoms with E-state index in [-0.39, 0.29) is 12.8 Å². The van der Waals surface area contributed by atoms with Crippen molar-refractivity contribution < 1.29 is 50.0 Å². The van der Waals surface area contributed by atoms with Gasteiger partial charge in [-0.1, -0.05) is 257 Å². The van der Waals surface area contributed by atoms with E-state index in [2.05, 4.69) is 31.3 Å². The zero-order chi connectivity index (χ0) is 50.4. The second kappa shape index (κ2) is 47.8. The third-order valence-electron chi connectivity index (χ3n) is 14.6. The van der Waals surface area contributed by atoms with E-state index in [9.17, 15) is 40.5 Å². The summed E-state index contributed by atoms with van der Waals surface area (Å²) in [5.74, 6) is -0.700. The number of nitrogens with one attached hydrogen (secondary N) is 1. The smallest absolute Gasteiger partial charge is 0.249 e. The molecule has 0 spiro atoms. The molecule has 0 radical (unpaired) electrons. The van der Waals surface area contributed by atoms with E-state index in [0.717, 1.165) is 38.5 Å². The summed E-state index contributed by atoms with van der Waals surface area (Å²) in [6.07, 6.45) is 44.2. The number of carbonyl (C=O) groups excluding carboxylic acids is 1. The summed E-state index contributed by atoms with van der Waals surface area (Å²) in [5, 5.41) is 76.1. The molecule has 0 aromatic rings. The summed E-state index contributed by atoms with van der Waals surface area (Å²) in [6.45, 7) is 3.48. The molecule has 8 N–H and O–H groups in total. The van der Waals surface area contributed by atoms with Gasteiger partial charge in [-0.25, -0.2) is 0 Å². The molecule has 0 bridgehead atoms. The first kappa shape index (κ1) is 65.9. The Balaban J connectivity index is 2.29. The highest BCUT2D eigenvalue weighted by Crippen LogP contribution is 2.23. The molecule has 1 aliphatic rings. The Kier molecular flexibility index (Phi) is 45.7. The number of ether oxygens (including phenoxy) is 2. The fourth-order valence-electron chi connectivity index (χ4n) is 9.74. The highest BCUT2D eigenvalue weighted by atomic mass is 16.7. The first-order valence-corrected chi connectivity index (χ1v) is 29.6. The van der Waals surface area contributed by atoms with Crippen molar-refractivity contribution in [3.63, 3.8) is 0 Å². The number of hydrogen-bond acceptors (Lipinski definition) is 10. The van der Waals surface area contributed by atoms with Crippen LogP contribution in [0.2, 0.25) is 0 Å². The molecule has 410 valence electrons. The molecule has 1 saturated heterocycles. The lowest BCUT2D eigenvalue weighted by molar-refractivity contribution is -0.303. The van der Waals surface area contributed by atoms with Gasteiger partial charge in [0, 0.05) is 0 Å². The lowest BCUT2D eigenvalue weighted by atomic mass is 9.98. The molecule has 11 heteroatoms. The Bertz CT molecular complexity index is 1130. The number of hydrogen-bond donors (Lipinski definition) is 8. The van der Waals surface area contributed by atoms with Crippen LogP contribution in [-0.4, -0.2) is 110 Å². The predicted molar refractivity (Wildman–Crippen MR) is 284 cm³/mol. The van der Waals surface area contributed by atoms with Gasteiger partial charge in [0.25, 0.3) is 0 Å². The Morgan fingerprint density at radius 2 is 0.855 bits per heavy atom. The normalized spacial score (nSPS) is 20.4. The van der Waals surface area contributed by atoms with Crippen molar-refractivity contribution in [3.05, 3.63) is 12.2 Å². The largest absolute Gasteiger partial charge is 0.394 e. The molecule has 1 aliphatic heterocycles. The third-order valence-corrected chi connectivity index (χ3v) is 14.6. The van der Waals surface area contributed by atoms with Gasteiger partial charge in [0.15, 0.2) is 6.29 Å². The van der Waals surface area contributed by atoms with Crippen LogP contribution in [0.5, 0.6) is 0 Å². The quantitative estimate of drug-likeness (QED) is 0.0215. The SMILES string of the molecule is CCCCCCCCCCCCCC/C=C/CCCC(O)C(O)C(COC1OC(CO)C(O)C(O)C1O)NC(=O)C(O)CCCCCCCCCCCCCCCCCCCCCCCCCCC. The Morgan fingerprint density at radius 3 is 1.25 bits per heavy atom. The predicted octanol–water partition coefficient (Wildman–Crippen LogP) is 12.4. The minimum absolute atomic E-state index is 0.260. The van der Waals surface area contributed by atoms with Crippen LogP contribution < -0.4 is 5.32 Å². The molecule has 1 heterocycles. The van der Waals surface area contributed by atoms with Crippen LogP contribution in [-0.2, 0) is 14.3 Å². The lowest BCUT2D eigenvalue weighted by Crippen LogP contribution is -2.60. The molecule has 1 fully saturated rings. The first-order chi connectivity index (χ1) is 33.7. The molecule has 0 aromatic carbocycles. The second-order valence-electron chi connectivity index (χ2n) is 21.1. The Morgan fingerprint density at radius 1 is 0.493 bits per heavy atom. The van der Waals surface area contributed by atoms with Crippen molar-refractivity contribution in [2.24, 2.45) is 0 Å². The standard InChI is InChI=1S/C58H113NO10/c1-3-5-7-9-11-13-15-17-19-21-22-23-24-25-26-27-28-30-32-34-36-38-40-42-44-46-51(62)57(67)59-49(48-68-58-56(66)55(65)54(64)52(47-60)69-58)53(63)50(61)45-43-41-39-37-35-33-31-29-20-18-16-14-12-10-8-6-4-2/h37,39,49-56,58,60-66H,3-36,38,40-48H2,1-2H3,(H,59,67)/b39-37+. The van der Waals surface area contributed by atoms with Gasteiger partial charge in [0.1, 0.15) is 36.6 Å². The minimum Gasteiger partial charge on any atom is -0.394 e. The van der Waals surface area contributed by atoms with Crippen LogP contribution >= 0.6 is 0 Å². The van der Waals surface area contributed by atoms with Gasteiger partial charge in [-0.3, -0.25) is 4.79 Å². The average molecular weight is 985 g/mol. The van der Waals surface area contributed by atoms with Crippen LogP contribution in [0.15, 0.2) is 12.2 Å². The molecule has 9 atom stereocenters. The van der Waals surface area contributed by atoms with Gasteiger partial charge >= 0.3 is 0 Å². The molecule has 0 aromatic heterocycles. The summed E-state index contributed by atoms with van der Waals surface area (Å²) >= 11 is 0. The number of aliphatic hydroxyl groups is 7. The van der Waals surface area contributed by atoms with E-state index in [4.69, 9.17) is 9.47 Å². The summed E-state index contributed by atoms with van der Waals surface area (Å²) in [6, 6.07) is -1.18. The highest BCUT2D eigenvalue weighted by Gasteiger charge is 2.44. The Labute approximate surface area is 423 Å². The van der Waals surface area contributed by atoms with Crippen LogP contribution in [0.4, 0.5) is 0 Å². The topological polar surface area (TPSA) is 189 Å². The fourth-order valence-corrected chi connectivity index (χ4v) is 9.74. The summed E-state index contributed by atoms with van der Waals surface area (Å²) in [7, 11) is 0. The molecular weight excluding hydrogens is 871 g/mol. The number of allylic oxidation sites excluding steroid dienone is 2. The van der Waals surface area contributed by atoms with Gasteiger partial charge in [0.2, 0.25) is 5.91 Å². The molecule has 1 amide bonds. The lowest BCUT2D eigenvalue weighted by Gasteiger charge is -2.40. The van der Waals surface area contributed by atoms with Crippen molar-refractivity contribution in [1.29, 1.82) is 0 Å². The maximum Gasteiger partial charge on any atom is 0.249 e. The average Bonchev–Trinajstić information content (AvgIpc) is 3.35. The van der Waals surface area contributed by atoms with E-state index < -0.39 is 74.2 Å². The van der Waals surface area contributed by atoms with Gasteiger partial charge < -0.3 is 50.5 Å².